The molecule has 0 radical (unpaired) electrons. The Morgan fingerprint density at radius 3 is 1.49 bits per heavy atom. The number of likely N-dealkylation sites (N-methyl/N-ethyl adjacent to an activating group) is 3. The van der Waals surface area contributed by atoms with Gasteiger partial charge in [-0.15, -0.1) is 11.8 Å². The molecular weight excluding hydrogens is 1710 g/mol. The minimum atomic E-state index is -1.73. The number of carbonyl (C=O) groups is 15. The van der Waals surface area contributed by atoms with E-state index in [0.29, 0.717) is 76.4 Å². The van der Waals surface area contributed by atoms with Gasteiger partial charge in [-0.1, -0.05) is 181 Å². The van der Waals surface area contributed by atoms with E-state index >= 15 is 47.9 Å². The lowest BCUT2D eigenvalue weighted by Crippen LogP contribution is -2.63. The maximum absolute atomic E-state index is 15.9. The van der Waals surface area contributed by atoms with E-state index < -0.39 is 192 Å². The van der Waals surface area contributed by atoms with Crippen molar-refractivity contribution in [3.63, 3.8) is 0 Å². The number of aromatic amines is 1. The average molecular weight is 1830 g/mol. The zero-order valence-electron chi connectivity index (χ0n) is 75.9. The fraction of sp³-hybridized carbons (Fsp3) is 0.454. The number of nitrogens with one attached hydrogen (secondary N) is 10. The number of piperidine rings is 1. The summed E-state index contributed by atoms with van der Waals surface area (Å²) in [5.74, 6) is -14.6. The van der Waals surface area contributed by atoms with E-state index in [1.165, 1.54) is 77.1 Å². The number of amides is 15. The molecule has 35 heteroatoms. The number of nitrogens with two attached hydrogens (primary N) is 1. The van der Waals surface area contributed by atoms with Crippen molar-refractivity contribution in [1.82, 2.24) is 77.3 Å². The molecule has 13 atom stereocenters. The fourth-order valence-electron chi connectivity index (χ4n) is 16.9. The highest BCUT2D eigenvalue weighted by Gasteiger charge is 2.46. The van der Waals surface area contributed by atoms with Crippen LogP contribution in [0.25, 0.3) is 10.9 Å². The number of fused-ring (bicyclic) bond motifs is 3. The van der Waals surface area contributed by atoms with E-state index in [2.05, 4.69) is 52.8 Å². The molecule has 34 nitrogen and oxygen atoms in total. The van der Waals surface area contributed by atoms with Crippen molar-refractivity contribution in [3.8, 4) is 11.5 Å². The van der Waals surface area contributed by atoms with Crippen LogP contribution >= 0.6 is 11.8 Å². The first-order valence-electron chi connectivity index (χ1n) is 45.0. The van der Waals surface area contributed by atoms with E-state index in [0.717, 1.165) is 16.7 Å². The molecule has 15 amide bonds. The summed E-state index contributed by atoms with van der Waals surface area (Å²) in [7, 11) is 4.20. The van der Waals surface area contributed by atoms with Crippen molar-refractivity contribution >= 4 is 111 Å². The Balaban J connectivity index is 1.04. The number of aromatic hydroxyl groups is 2. The van der Waals surface area contributed by atoms with Crippen molar-refractivity contribution in [2.24, 2.45) is 17.6 Å². The number of phenolic OH excluding ortho intramolecular Hbond substituents is 2. The third-order valence-electron chi connectivity index (χ3n) is 24.2. The number of hydrogen-bond acceptors (Lipinski definition) is 19. The molecule has 3 aliphatic heterocycles. The van der Waals surface area contributed by atoms with Crippen molar-refractivity contribution in [2.75, 3.05) is 58.9 Å². The van der Waals surface area contributed by atoms with Crippen molar-refractivity contribution < 1.29 is 87.2 Å². The van der Waals surface area contributed by atoms with Crippen LogP contribution in [0.2, 0.25) is 0 Å². The number of aromatic nitrogens is 1. The second kappa shape index (κ2) is 48.6. The second-order valence-electron chi connectivity index (χ2n) is 34.9. The number of carbonyl (C=O) groups excluding carboxylic acids is 15. The summed E-state index contributed by atoms with van der Waals surface area (Å²) >= 11 is 0.853. The van der Waals surface area contributed by atoms with E-state index in [9.17, 15) is 39.3 Å². The molecule has 3 fully saturated rings. The number of aliphatic hydroxyl groups is 1. The lowest BCUT2D eigenvalue weighted by molar-refractivity contribution is -0.152. The highest BCUT2D eigenvalue weighted by Crippen LogP contribution is 2.29. The molecule has 2 unspecified atom stereocenters. The van der Waals surface area contributed by atoms with Gasteiger partial charge in [-0.25, -0.2) is 0 Å². The number of rotatable bonds is 22. The Kier molecular flexibility index (Phi) is 37.2. The summed E-state index contributed by atoms with van der Waals surface area (Å²) in [4.78, 5) is 236. The van der Waals surface area contributed by atoms with Gasteiger partial charge in [-0.05, 0) is 120 Å². The Hall–Kier alpha value is -13.2. The second-order valence-corrected chi connectivity index (χ2v) is 35.9. The van der Waals surface area contributed by atoms with Crippen molar-refractivity contribution in [1.29, 1.82) is 0 Å². The van der Waals surface area contributed by atoms with E-state index in [4.69, 9.17) is 5.73 Å². The maximum atomic E-state index is 15.9. The summed E-state index contributed by atoms with van der Waals surface area (Å²) in [5.41, 5.74) is 9.38. The zero-order valence-corrected chi connectivity index (χ0v) is 76.7. The number of primary amides is 1. The normalized spacial score (nSPS) is 23.8. The molecular formula is C97H124N16O18S. The summed E-state index contributed by atoms with van der Waals surface area (Å²) < 4.78 is 0. The number of H-pyrrole nitrogens is 1. The van der Waals surface area contributed by atoms with Crippen LogP contribution in [0.1, 0.15) is 126 Å². The Bertz CT molecular complexity index is 5170. The molecule has 7 aromatic rings. The van der Waals surface area contributed by atoms with Crippen LogP contribution in [0, 0.1) is 11.8 Å². The van der Waals surface area contributed by atoms with Crippen LogP contribution in [-0.2, 0) is 110 Å². The molecule has 1 aromatic heterocycles. The van der Waals surface area contributed by atoms with E-state index in [-0.39, 0.29) is 100 Å². The van der Waals surface area contributed by atoms with Gasteiger partial charge in [0.25, 0.3) is 0 Å². The number of unbranched alkanes of at least 4 members (excludes halogenated alkanes) is 1. The number of aliphatic hydroxyl groups excluding tert-OH is 1. The number of nitrogens with zero attached hydrogens (tertiary/aromatic N) is 5. The van der Waals surface area contributed by atoms with E-state index in [1.54, 1.807) is 155 Å². The third kappa shape index (κ3) is 27.9. The van der Waals surface area contributed by atoms with Gasteiger partial charge in [0.1, 0.15) is 90.0 Å². The zero-order chi connectivity index (χ0) is 95.4. The smallest absolute Gasteiger partial charge is 0.246 e. The quantitative estimate of drug-likeness (QED) is 0.0463. The molecule has 15 N–H and O–H groups in total. The van der Waals surface area contributed by atoms with Gasteiger partial charge in [-0.2, -0.15) is 0 Å². The van der Waals surface area contributed by atoms with Crippen LogP contribution < -0.4 is 53.6 Å². The van der Waals surface area contributed by atoms with Crippen LogP contribution in [-0.4, -0.2) is 271 Å². The molecule has 0 saturated carbocycles. The topological polar surface area (TPSA) is 483 Å². The minimum Gasteiger partial charge on any atom is -0.508 e. The SMILES string of the molecule is CCCC[C@H]1C(=O)N2CCC[C@@H]2C(=O)N[C@@H](CO)C(=O)N[C@@H](C(C)C)C(=O)N(C)C(Cc2ccccc2)C(=O)N[C@@H](Cc2ccc(O)cc2)C(=O)N2CCCC[C@@H]2C(=O)N[C@@H](Cc2c[nH]c3ccccc23)C(=O)N[C@@H](Cc2ccc(O)cc2)C(=O)N[C@@H](CC(C)C)C(=O)N[C@H](C(=O)NCC(N)=O)CSCC(=O)N[C@@H](Cc2ccccc2)C(=O)N(C)C(Cc2ccccc2)C(=O)N1C. The largest absolute Gasteiger partial charge is 0.508 e. The fourth-order valence-corrected chi connectivity index (χ4v) is 17.7. The van der Waals surface area contributed by atoms with Gasteiger partial charge in [0.05, 0.1) is 18.9 Å². The first-order valence-corrected chi connectivity index (χ1v) is 46.2. The summed E-state index contributed by atoms with van der Waals surface area (Å²) in [6.45, 7) is 7.03. The lowest BCUT2D eigenvalue weighted by atomic mass is 9.96. The van der Waals surface area contributed by atoms with Crippen molar-refractivity contribution in [2.45, 2.75) is 209 Å². The van der Waals surface area contributed by atoms with Crippen LogP contribution in [0.15, 0.2) is 170 Å². The number of para-hydroxylation sites is 1. The van der Waals surface area contributed by atoms with Gasteiger partial charge >= 0.3 is 0 Å². The molecule has 0 bridgehead atoms. The molecule has 3 saturated heterocycles. The maximum Gasteiger partial charge on any atom is 0.246 e. The number of benzene rings is 6. The summed E-state index contributed by atoms with van der Waals surface area (Å²) in [6.07, 6.45) is 2.81. The lowest BCUT2D eigenvalue weighted by Gasteiger charge is -2.38. The molecule has 3 aliphatic rings. The molecule has 706 valence electrons. The number of thioether (sulfide) groups is 1. The predicted molar refractivity (Wildman–Crippen MR) is 496 cm³/mol. The van der Waals surface area contributed by atoms with Crippen LogP contribution in [0.3, 0.4) is 0 Å². The first kappa shape index (κ1) is 101. The van der Waals surface area contributed by atoms with Gasteiger partial charge in [-0.3, -0.25) is 71.9 Å². The molecule has 0 aliphatic carbocycles. The molecule has 6 aromatic carbocycles. The van der Waals surface area contributed by atoms with Gasteiger partial charge in [0.2, 0.25) is 88.6 Å². The molecule has 132 heavy (non-hydrogen) atoms. The third-order valence-corrected chi connectivity index (χ3v) is 25.3. The predicted octanol–water partition coefficient (Wildman–Crippen LogP) is 3.30. The van der Waals surface area contributed by atoms with Gasteiger partial charge in [0, 0.05) is 95.6 Å². The van der Waals surface area contributed by atoms with Crippen molar-refractivity contribution in [3.05, 3.63) is 203 Å². The minimum absolute atomic E-state index is 0.0340. The monoisotopic (exact) mass is 1830 g/mol. The standard InChI is InChI=1S/C97H124N16O18S/c1-9-10-33-79-96(130)113-45-24-35-78(113)91(125)106-75(55-114)89(123)108-84(59(4)5)97(131)110(7)80(50-61-27-16-12-17-28-61)92(126)105-74(49-64-38-42-67(116)43-39-64)94(128)112-44-23-22-34-77(112)90(124)104-72(52-65-53-99-69-32-21-20-31-68(65)69)88(122)103-71(47-63-36-40-66(115)41-37-63)87(121)102-70(46-58(2)3)86(120)107-76(85(119)100-54-82(98)117)56-132-57-83(118)101-73(48-60-25-14-11-15-26-60)93(127)111(8)81(95(129)109(79)6)51-62-29-18-13-19-30-62/h11-21,25-32,36-43,53,58-59,70-81,84,99,114-116H,9-10,22-24,33-35,44-52,54-57H2,1-8H3,(H2,98,117)(H,100,119)(H,101,118)(H,102,121)(H,103,122)(H,104,124)(H,105,126)(H,106,125)(H,107,120)(H,108,123)/t70-,71-,72-,73-,74-,75-,76-,77+,78+,79-,80?,81?,84-/m0/s1. The summed E-state index contributed by atoms with van der Waals surface area (Å²) in [6, 6.07) is 26.2. The Morgan fingerprint density at radius 1 is 0.462 bits per heavy atom. The molecule has 4 heterocycles. The molecule has 10 rings (SSSR count). The highest BCUT2D eigenvalue weighted by molar-refractivity contribution is 8.00. The number of phenols is 2. The first-order chi connectivity index (χ1) is 63.2. The average Bonchev–Trinajstić information content (AvgIpc) is 0.950. The number of hydrogen-bond donors (Lipinski definition) is 14. The Labute approximate surface area is 772 Å². The molecule has 0 spiro atoms. The Morgan fingerprint density at radius 2 is 0.924 bits per heavy atom. The van der Waals surface area contributed by atoms with E-state index in [1.807, 2.05) is 13.0 Å². The van der Waals surface area contributed by atoms with Gasteiger partial charge in [0.15, 0.2) is 0 Å². The van der Waals surface area contributed by atoms with Crippen LogP contribution in [0.5, 0.6) is 11.5 Å². The highest BCUT2D eigenvalue weighted by atomic mass is 32.2. The van der Waals surface area contributed by atoms with Gasteiger partial charge < -0.3 is 98.4 Å². The van der Waals surface area contributed by atoms with Crippen LogP contribution in [0.4, 0.5) is 0 Å². The summed E-state index contributed by atoms with van der Waals surface area (Å²) in [5, 5.41) is 57.5.